The van der Waals surface area contributed by atoms with Gasteiger partial charge in [-0.1, -0.05) is 39.0 Å². The Morgan fingerprint density at radius 1 is 1.15 bits per heavy atom. The molecule has 2 N–H and O–H groups in total. The monoisotopic (exact) mass is 278 g/mol. The Labute approximate surface area is 119 Å². The quantitative estimate of drug-likeness (QED) is 0.830. The average molecular weight is 278 g/mol. The van der Waals surface area contributed by atoms with E-state index in [1.807, 2.05) is 24.3 Å². The molecule has 4 heteroatoms. The summed E-state index contributed by atoms with van der Waals surface area (Å²) >= 11 is 0. The first-order valence-corrected chi connectivity index (χ1v) is 6.80. The van der Waals surface area contributed by atoms with Crippen molar-refractivity contribution in [1.82, 2.24) is 0 Å². The highest BCUT2D eigenvalue weighted by Gasteiger charge is 2.26. The molecule has 1 heterocycles. The van der Waals surface area contributed by atoms with Gasteiger partial charge >= 0.3 is 0 Å². The molecular weight excluding hydrogens is 256 g/mol. The molecule has 0 amide bonds. The second kappa shape index (κ2) is 5.95. The molecule has 0 spiro atoms. The van der Waals surface area contributed by atoms with Crippen molar-refractivity contribution in [3.8, 4) is 5.75 Å². The standard InChI is InChI=1S/C16H22O4/c1-16(2,3)11-4-6-12(7-5-11)19-15-9-8-13(18)14(10-17)20-15/h4-9,13-15,17-18H,10H2,1-3H3/t13-,14+,15-/m0/s1. The predicted octanol–water partition coefficient (Wildman–Crippen LogP) is 2.00. The maximum Gasteiger partial charge on any atom is 0.220 e. The van der Waals surface area contributed by atoms with Gasteiger partial charge in [0.05, 0.1) is 6.61 Å². The molecule has 0 bridgehead atoms. The van der Waals surface area contributed by atoms with Gasteiger partial charge in [0.25, 0.3) is 0 Å². The van der Waals surface area contributed by atoms with Crippen LogP contribution in [0.15, 0.2) is 36.4 Å². The molecule has 1 aromatic rings. The van der Waals surface area contributed by atoms with E-state index in [9.17, 15) is 5.11 Å². The summed E-state index contributed by atoms with van der Waals surface area (Å²) in [7, 11) is 0. The maximum atomic E-state index is 9.55. The first-order chi connectivity index (χ1) is 9.40. The van der Waals surface area contributed by atoms with Gasteiger partial charge in [-0.2, -0.15) is 0 Å². The summed E-state index contributed by atoms with van der Waals surface area (Å²) in [4.78, 5) is 0. The molecule has 0 saturated heterocycles. The fourth-order valence-corrected chi connectivity index (χ4v) is 2.01. The number of aliphatic hydroxyl groups excluding tert-OH is 2. The van der Waals surface area contributed by atoms with Crippen molar-refractivity contribution in [3.05, 3.63) is 42.0 Å². The topological polar surface area (TPSA) is 58.9 Å². The number of benzene rings is 1. The maximum absolute atomic E-state index is 9.55. The lowest BCUT2D eigenvalue weighted by Crippen LogP contribution is -2.39. The van der Waals surface area contributed by atoms with Gasteiger partial charge in [0.1, 0.15) is 18.0 Å². The van der Waals surface area contributed by atoms with Gasteiger partial charge in [-0.3, -0.25) is 0 Å². The van der Waals surface area contributed by atoms with Crippen molar-refractivity contribution in [2.24, 2.45) is 0 Å². The molecule has 0 radical (unpaired) electrons. The lowest BCUT2D eigenvalue weighted by molar-refractivity contribution is -0.142. The van der Waals surface area contributed by atoms with Crippen molar-refractivity contribution in [2.75, 3.05) is 6.61 Å². The van der Waals surface area contributed by atoms with E-state index in [-0.39, 0.29) is 12.0 Å². The van der Waals surface area contributed by atoms with Gasteiger partial charge in [-0.05, 0) is 29.2 Å². The second-order valence-corrected chi connectivity index (χ2v) is 5.99. The van der Waals surface area contributed by atoms with Crippen molar-refractivity contribution < 1.29 is 19.7 Å². The number of ether oxygens (including phenoxy) is 2. The molecule has 110 valence electrons. The predicted molar refractivity (Wildman–Crippen MR) is 76.7 cm³/mol. The SMILES string of the molecule is CC(C)(C)c1ccc(O[C@@H]2C=C[C@H](O)[C@@H](CO)O2)cc1. The number of hydrogen-bond donors (Lipinski definition) is 2. The van der Waals surface area contributed by atoms with Crippen molar-refractivity contribution in [2.45, 2.75) is 44.7 Å². The van der Waals surface area contributed by atoms with Crippen LogP contribution in [0, 0.1) is 0 Å². The zero-order valence-corrected chi connectivity index (χ0v) is 12.1. The van der Waals surface area contributed by atoms with Crippen molar-refractivity contribution >= 4 is 0 Å². The molecule has 3 atom stereocenters. The molecule has 0 fully saturated rings. The molecule has 1 aliphatic rings. The van der Waals surface area contributed by atoms with E-state index in [0.29, 0.717) is 5.75 Å². The molecule has 1 aliphatic heterocycles. The van der Waals surface area contributed by atoms with Crippen LogP contribution in [0.3, 0.4) is 0 Å². The summed E-state index contributed by atoms with van der Waals surface area (Å²) in [5, 5.41) is 18.6. The Morgan fingerprint density at radius 3 is 2.35 bits per heavy atom. The lowest BCUT2D eigenvalue weighted by atomic mass is 9.87. The van der Waals surface area contributed by atoms with Gasteiger partial charge in [0.15, 0.2) is 0 Å². The molecule has 20 heavy (non-hydrogen) atoms. The molecule has 0 unspecified atom stereocenters. The lowest BCUT2D eigenvalue weighted by Gasteiger charge is -2.28. The highest BCUT2D eigenvalue weighted by molar-refractivity contribution is 5.31. The first kappa shape index (κ1) is 15.0. The van der Waals surface area contributed by atoms with Gasteiger partial charge in [0, 0.05) is 0 Å². The third-order valence-electron chi connectivity index (χ3n) is 3.31. The number of aliphatic hydroxyl groups is 2. The third kappa shape index (κ3) is 3.60. The van der Waals surface area contributed by atoms with Crippen molar-refractivity contribution in [1.29, 1.82) is 0 Å². The molecular formula is C16H22O4. The summed E-state index contributed by atoms with van der Waals surface area (Å²) < 4.78 is 11.1. The fraction of sp³-hybridized carbons (Fsp3) is 0.500. The molecule has 0 saturated carbocycles. The van der Waals surface area contributed by atoms with Crippen LogP contribution in [-0.4, -0.2) is 35.3 Å². The van der Waals surface area contributed by atoms with Crippen LogP contribution in [0.2, 0.25) is 0 Å². The van der Waals surface area contributed by atoms with E-state index in [2.05, 4.69) is 20.8 Å². The zero-order valence-electron chi connectivity index (χ0n) is 12.1. The molecule has 0 aliphatic carbocycles. The van der Waals surface area contributed by atoms with E-state index in [0.717, 1.165) is 0 Å². The van der Waals surface area contributed by atoms with Crippen LogP contribution in [0.4, 0.5) is 0 Å². The van der Waals surface area contributed by atoms with Crippen LogP contribution in [0.25, 0.3) is 0 Å². The highest BCUT2D eigenvalue weighted by Crippen LogP contribution is 2.25. The number of hydrogen-bond acceptors (Lipinski definition) is 4. The van der Waals surface area contributed by atoms with E-state index in [1.54, 1.807) is 12.2 Å². The number of rotatable bonds is 3. The Morgan fingerprint density at radius 2 is 1.80 bits per heavy atom. The Hall–Kier alpha value is -1.36. The molecule has 4 nitrogen and oxygen atoms in total. The van der Waals surface area contributed by atoms with Gasteiger partial charge in [0.2, 0.25) is 6.29 Å². The summed E-state index contributed by atoms with van der Waals surface area (Å²) in [6.07, 6.45) is 1.21. The Kier molecular flexibility index (Phi) is 4.48. The van der Waals surface area contributed by atoms with Crippen LogP contribution in [0.5, 0.6) is 5.75 Å². The summed E-state index contributed by atoms with van der Waals surface area (Å²) in [6.45, 7) is 6.23. The van der Waals surface area contributed by atoms with E-state index in [1.165, 1.54) is 5.56 Å². The third-order valence-corrected chi connectivity index (χ3v) is 3.31. The average Bonchev–Trinajstić information content (AvgIpc) is 2.40. The summed E-state index contributed by atoms with van der Waals surface area (Å²) in [5.41, 5.74) is 1.33. The minimum atomic E-state index is -0.789. The van der Waals surface area contributed by atoms with E-state index >= 15 is 0 Å². The zero-order chi connectivity index (χ0) is 14.8. The van der Waals surface area contributed by atoms with Crippen LogP contribution >= 0.6 is 0 Å². The normalized spacial score (nSPS) is 26.6. The largest absolute Gasteiger partial charge is 0.461 e. The Bertz CT molecular complexity index is 458. The molecule has 1 aromatic carbocycles. The smallest absolute Gasteiger partial charge is 0.220 e. The van der Waals surface area contributed by atoms with E-state index in [4.69, 9.17) is 14.6 Å². The Balaban J connectivity index is 2.02. The van der Waals surface area contributed by atoms with E-state index < -0.39 is 18.5 Å². The van der Waals surface area contributed by atoms with Crippen LogP contribution < -0.4 is 4.74 Å². The minimum absolute atomic E-state index is 0.103. The van der Waals surface area contributed by atoms with Crippen LogP contribution in [-0.2, 0) is 10.2 Å². The van der Waals surface area contributed by atoms with Gasteiger partial charge in [-0.25, -0.2) is 0 Å². The van der Waals surface area contributed by atoms with Crippen LogP contribution in [0.1, 0.15) is 26.3 Å². The summed E-state index contributed by atoms with van der Waals surface area (Å²) in [6, 6.07) is 7.86. The second-order valence-electron chi connectivity index (χ2n) is 5.99. The minimum Gasteiger partial charge on any atom is -0.461 e. The highest BCUT2D eigenvalue weighted by atomic mass is 16.7. The fourth-order valence-electron chi connectivity index (χ4n) is 2.01. The van der Waals surface area contributed by atoms with Crippen molar-refractivity contribution in [3.63, 3.8) is 0 Å². The van der Waals surface area contributed by atoms with Gasteiger partial charge in [-0.15, -0.1) is 0 Å². The first-order valence-electron chi connectivity index (χ1n) is 6.80. The molecule has 2 rings (SSSR count). The molecule has 0 aromatic heterocycles. The van der Waals surface area contributed by atoms with Gasteiger partial charge < -0.3 is 19.7 Å². The summed E-state index contributed by atoms with van der Waals surface area (Å²) in [5.74, 6) is 0.695.